The summed E-state index contributed by atoms with van der Waals surface area (Å²) in [5.74, 6) is 0.328. The van der Waals surface area contributed by atoms with Gasteiger partial charge >= 0.3 is 0 Å². The number of carbonyl (C=O) groups is 1. The van der Waals surface area contributed by atoms with Crippen molar-refractivity contribution >= 4 is 17.5 Å². The van der Waals surface area contributed by atoms with Crippen LogP contribution in [0.5, 0.6) is 0 Å². The Labute approximate surface area is 110 Å². The minimum atomic E-state index is -0.221. The number of hydrogen-bond acceptors (Lipinski definition) is 3. The standard InChI is InChI=1S/C13H13ClN2O2/c1-2-7-15-13(17)11-8-12(18-16-11)9-3-5-10(14)6-4-9/h3-6,8H,2,7H2,1H3,(H,15,17). The van der Waals surface area contributed by atoms with Crippen molar-refractivity contribution in [3.8, 4) is 11.3 Å². The molecule has 2 aromatic rings. The van der Waals surface area contributed by atoms with E-state index in [1.54, 1.807) is 18.2 Å². The van der Waals surface area contributed by atoms with Gasteiger partial charge in [-0.1, -0.05) is 23.7 Å². The van der Waals surface area contributed by atoms with Gasteiger partial charge < -0.3 is 9.84 Å². The van der Waals surface area contributed by atoms with Crippen molar-refractivity contribution in [3.05, 3.63) is 41.0 Å². The molecule has 4 nitrogen and oxygen atoms in total. The second-order valence-corrected chi connectivity index (χ2v) is 4.28. The van der Waals surface area contributed by atoms with Crippen LogP contribution >= 0.6 is 11.6 Å². The topological polar surface area (TPSA) is 55.1 Å². The summed E-state index contributed by atoms with van der Waals surface area (Å²) in [6, 6.07) is 8.77. The molecule has 1 aromatic carbocycles. The fourth-order valence-corrected chi connectivity index (χ4v) is 1.59. The zero-order valence-electron chi connectivity index (χ0n) is 9.94. The monoisotopic (exact) mass is 264 g/mol. The maximum Gasteiger partial charge on any atom is 0.273 e. The number of amides is 1. The Balaban J connectivity index is 2.15. The minimum absolute atomic E-state index is 0.221. The van der Waals surface area contributed by atoms with Crippen LogP contribution < -0.4 is 5.32 Å². The van der Waals surface area contributed by atoms with Crippen molar-refractivity contribution in [1.82, 2.24) is 10.5 Å². The normalized spacial score (nSPS) is 10.3. The van der Waals surface area contributed by atoms with E-state index in [1.165, 1.54) is 0 Å². The van der Waals surface area contributed by atoms with Crippen LogP contribution in [0.15, 0.2) is 34.9 Å². The van der Waals surface area contributed by atoms with Crippen LogP contribution in [-0.4, -0.2) is 17.6 Å². The molecule has 1 aromatic heterocycles. The van der Waals surface area contributed by atoms with Gasteiger partial charge in [-0.05, 0) is 30.7 Å². The summed E-state index contributed by atoms with van der Waals surface area (Å²) in [4.78, 5) is 11.6. The van der Waals surface area contributed by atoms with Gasteiger partial charge in [0.2, 0.25) is 0 Å². The average molecular weight is 265 g/mol. The lowest BCUT2D eigenvalue weighted by atomic mass is 10.1. The van der Waals surface area contributed by atoms with Gasteiger partial charge in [0.1, 0.15) is 0 Å². The molecule has 0 aliphatic rings. The number of halogens is 1. The number of hydrogen-bond donors (Lipinski definition) is 1. The van der Waals surface area contributed by atoms with E-state index in [2.05, 4.69) is 10.5 Å². The van der Waals surface area contributed by atoms with Gasteiger partial charge in [0, 0.05) is 23.2 Å². The number of rotatable bonds is 4. The zero-order chi connectivity index (χ0) is 13.0. The summed E-state index contributed by atoms with van der Waals surface area (Å²) in [6.07, 6.45) is 0.883. The van der Waals surface area contributed by atoms with Crippen molar-refractivity contribution < 1.29 is 9.32 Å². The third kappa shape index (κ3) is 2.90. The van der Waals surface area contributed by atoms with E-state index in [0.29, 0.717) is 17.3 Å². The molecule has 5 heteroatoms. The Kier molecular flexibility index (Phi) is 3.99. The first-order valence-corrected chi connectivity index (χ1v) is 6.09. The predicted molar refractivity (Wildman–Crippen MR) is 69.6 cm³/mol. The highest BCUT2D eigenvalue weighted by molar-refractivity contribution is 6.30. The molecule has 18 heavy (non-hydrogen) atoms. The molecule has 0 unspecified atom stereocenters. The number of benzene rings is 1. The van der Waals surface area contributed by atoms with Crippen LogP contribution in [0.3, 0.4) is 0 Å². The number of aromatic nitrogens is 1. The number of nitrogens with one attached hydrogen (secondary N) is 1. The molecule has 94 valence electrons. The van der Waals surface area contributed by atoms with Crippen LogP contribution in [0.1, 0.15) is 23.8 Å². The van der Waals surface area contributed by atoms with Gasteiger partial charge in [0.15, 0.2) is 11.5 Å². The van der Waals surface area contributed by atoms with Crippen LogP contribution in [0.4, 0.5) is 0 Å². The first-order chi connectivity index (χ1) is 8.70. The fourth-order valence-electron chi connectivity index (χ4n) is 1.46. The van der Waals surface area contributed by atoms with Crippen LogP contribution in [0, 0.1) is 0 Å². The molecule has 1 N–H and O–H groups in total. The van der Waals surface area contributed by atoms with Gasteiger partial charge in [-0.25, -0.2) is 0 Å². The molecular formula is C13H13ClN2O2. The van der Waals surface area contributed by atoms with Crippen molar-refractivity contribution in [3.63, 3.8) is 0 Å². The van der Waals surface area contributed by atoms with Crippen molar-refractivity contribution in [2.75, 3.05) is 6.54 Å². The summed E-state index contributed by atoms with van der Waals surface area (Å²) >= 11 is 5.80. The van der Waals surface area contributed by atoms with Crippen molar-refractivity contribution in [2.45, 2.75) is 13.3 Å². The molecule has 1 heterocycles. The molecule has 0 saturated heterocycles. The lowest BCUT2D eigenvalue weighted by molar-refractivity contribution is 0.0944. The molecule has 0 atom stereocenters. The van der Waals surface area contributed by atoms with E-state index in [1.807, 2.05) is 19.1 Å². The van der Waals surface area contributed by atoms with E-state index in [4.69, 9.17) is 16.1 Å². The largest absolute Gasteiger partial charge is 0.355 e. The molecule has 0 radical (unpaired) electrons. The Hall–Kier alpha value is -1.81. The van der Waals surface area contributed by atoms with Gasteiger partial charge in [0.05, 0.1) is 0 Å². The van der Waals surface area contributed by atoms with Crippen molar-refractivity contribution in [1.29, 1.82) is 0 Å². The molecule has 0 aliphatic heterocycles. The first-order valence-electron chi connectivity index (χ1n) is 5.71. The van der Waals surface area contributed by atoms with E-state index in [9.17, 15) is 4.79 Å². The maximum absolute atomic E-state index is 11.6. The molecule has 2 rings (SSSR count). The summed E-state index contributed by atoms with van der Waals surface area (Å²) in [6.45, 7) is 2.62. The summed E-state index contributed by atoms with van der Waals surface area (Å²) < 4.78 is 5.14. The maximum atomic E-state index is 11.6. The summed E-state index contributed by atoms with van der Waals surface area (Å²) in [7, 11) is 0. The third-order valence-corrected chi connectivity index (χ3v) is 2.66. The molecule has 0 bridgehead atoms. The van der Waals surface area contributed by atoms with Gasteiger partial charge in [-0.15, -0.1) is 0 Å². The Morgan fingerprint density at radius 1 is 1.39 bits per heavy atom. The van der Waals surface area contributed by atoms with E-state index >= 15 is 0 Å². The van der Waals surface area contributed by atoms with E-state index in [-0.39, 0.29) is 11.6 Å². The van der Waals surface area contributed by atoms with Gasteiger partial charge in [-0.2, -0.15) is 0 Å². The highest BCUT2D eigenvalue weighted by Crippen LogP contribution is 2.22. The highest BCUT2D eigenvalue weighted by Gasteiger charge is 2.12. The Bertz CT molecular complexity index is 534. The lowest BCUT2D eigenvalue weighted by Crippen LogP contribution is -2.24. The average Bonchev–Trinajstić information content (AvgIpc) is 2.86. The Morgan fingerprint density at radius 3 is 2.78 bits per heavy atom. The first kappa shape index (κ1) is 12.6. The van der Waals surface area contributed by atoms with Gasteiger partial charge in [-0.3, -0.25) is 4.79 Å². The summed E-state index contributed by atoms with van der Waals surface area (Å²) in [5, 5.41) is 7.14. The summed E-state index contributed by atoms with van der Waals surface area (Å²) in [5.41, 5.74) is 1.12. The van der Waals surface area contributed by atoms with Crippen LogP contribution in [0.2, 0.25) is 5.02 Å². The van der Waals surface area contributed by atoms with Crippen LogP contribution in [0.25, 0.3) is 11.3 Å². The predicted octanol–water partition coefficient (Wildman–Crippen LogP) is 3.13. The molecule has 0 saturated carbocycles. The molecule has 0 aliphatic carbocycles. The molecule has 0 spiro atoms. The fraction of sp³-hybridized carbons (Fsp3) is 0.231. The van der Waals surface area contributed by atoms with Crippen LogP contribution in [-0.2, 0) is 0 Å². The van der Waals surface area contributed by atoms with Crippen molar-refractivity contribution in [2.24, 2.45) is 0 Å². The van der Waals surface area contributed by atoms with Gasteiger partial charge in [0.25, 0.3) is 5.91 Å². The Morgan fingerprint density at radius 2 is 2.11 bits per heavy atom. The number of carbonyl (C=O) groups excluding carboxylic acids is 1. The quantitative estimate of drug-likeness (QED) is 0.923. The third-order valence-electron chi connectivity index (χ3n) is 2.41. The van der Waals surface area contributed by atoms with E-state index < -0.39 is 0 Å². The molecule has 1 amide bonds. The molecular weight excluding hydrogens is 252 g/mol. The van der Waals surface area contributed by atoms with E-state index in [0.717, 1.165) is 12.0 Å². The second kappa shape index (κ2) is 5.69. The zero-order valence-corrected chi connectivity index (χ0v) is 10.7. The minimum Gasteiger partial charge on any atom is -0.355 e. The second-order valence-electron chi connectivity index (χ2n) is 3.84. The lowest BCUT2D eigenvalue weighted by Gasteiger charge is -1.97. The molecule has 0 fully saturated rings. The number of nitrogens with zero attached hydrogens (tertiary/aromatic N) is 1. The SMILES string of the molecule is CCCNC(=O)c1cc(-c2ccc(Cl)cc2)on1. The highest BCUT2D eigenvalue weighted by atomic mass is 35.5. The smallest absolute Gasteiger partial charge is 0.273 e.